The molecule has 2 aromatic carbocycles. The molecular weight excluding hydrogens is 477 g/mol. The highest BCUT2D eigenvalue weighted by molar-refractivity contribution is 8.89. The van der Waals surface area contributed by atoms with Gasteiger partial charge in [0.1, 0.15) is 21.0 Å². The molecule has 32 heavy (non-hydrogen) atoms. The van der Waals surface area contributed by atoms with E-state index in [2.05, 4.69) is 79.6 Å². The zero-order valence-electron chi connectivity index (χ0n) is 17.7. The molecule has 0 spiro atoms. The van der Waals surface area contributed by atoms with E-state index in [1.54, 1.807) is 0 Å². The molecular formula is C22H28N6S4. The lowest BCUT2D eigenvalue weighted by Crippen LogP contribution is -2.59. The van der Waals surface area contributed by atoms with E-state index in [-0.39, 0.29) is 12.3 Å². The van der Waals surface area contributed by atoms with E-state index in [0.717, 1.165) is 47.9 Å². The molecule has 2 unspecified atom stereocenters. The topological polar surface area (TPSA) is 54.6 Å². The zero-order valence-corrected chi connectivity index (χ0v) is 21.0. The molecule has 2 aliphatic heterocycles. The molecule has 2 aliphatic rings. The summed E-state index contributed by atoms with van der Waals surface area (Å²) in [5.41, 5.74) is 2.41. The van der Waals surface area contributed by atoms with Crippen LogP contribution in [-0.4, -0.2) is 60.2 Å². The molecule has 0 radical (unpaired) electrons. The van der Waals surface area contributed by atoms with Crippen LogP contribution in [-0.2, 0) is 0 Å². The summed E-state index contributed by atoms with van der Waals surface area (Å²) >= 11 is 11.3. The van der Waals surface area contributed by atoms with Crippen LogP contribution in [0.3, 0.4) is 0 Å². The molecule has 0 amide bonds. The Hall–Kier alpha value is -1.56. The minimum atomic E-state index is 0.115. The number of piperazine rings is 2. The number of benzene rings is 2. The van der Waals surface area contributed by atoms with Gasteiger partial charge in [-0.05, 0) is 45.9 Å². The Morgan fingerprint density at radius 2 is 1.12 bits per heavy atom. The number of rotatable bonds is 4. The molecule has 10 heteroatoms. The molecule has 0 aromatic heterocycles. The van der Waals surface area contributed by atoms with Crippen LogP contribution in [0.5, 0.6) is 0 Å². The first-order valence-electron chi connectivity index (χ1n) is 10.7. The first-order valence-corrected chi connectivity index (χ1v) is 13.7. The summed E-state index contributed by atoms with van der Waals surface area (Å²) in [7, 11) is 3.00. The van der Waals surface area contributed by atoms with Crippen molar-refractivity contribution in [2.75, 3.05) is 49.1 Å². The maximum atomic E-state index is 5.63. The van der Waals surface area contributed by atoms with E-state index in [4.69, 9.17) is 24.4 Å². The van der Waals surface area contributed by atoms with E-state index < -0.39 is 0 Å². The summed E-state index contributed by atoms with van der Waals surface area (Å²) in [4.78, 5) is 4.71. The predicted octanol–water partition coefficient (Wildman–Crippen LogP) is 2.99. The van der Waals surface area contributed by atoms with Crippen molar-refractivity contribution in [3.05, 3.63) is 60.7 Å². The fourth-order valence-corrected chi connectivity index (χ4v) is 6.07. The van der Waals surface area contributed by atoms with Crippen LogP contribution in [0.1, 0.15) is 0 Å². The Balaban J connectivity index is 1.27. The Morgan fingerprint density at radius 1 is 0.719 bits per heavy atom. The Labute approximate surface area is 208 Å². The molecule has 4 N–H and O–H groups in total. The summed E-state index contributed by atoms with van der Waals surface area (Å²) in [5, 5.41) is 13.9. The number of thiocarbonyl (C=S) groups is 2. The second-order valence-corrected chi connectivity index (χ2v) is 11.0. The molecule has 170 valence electrons. The second kappa shape index (κ2) is 12.1. The Bertz CT molecular complexity index is 811. The van der Waals surface area contributed by atoms with Gasteiger partial charge < -0.3 is 31.1 Å². The van der Waals surface area contributed by atoms with Crippen molar-refractivity contribution in [2.45, 2.75) is 12.3 Å². The molecule has 2 fully saturated rings. The minimum Gasteiger partial charge on any atom is -0.349 e. The van der Waals surface area contributed by atoms with E-state index in [9.17, 15) is 0 Å². The van der Waals surface area contributed by atoms with E-state index >= 15 is 0 Å². The average Bonchev–Trinajstić information content (AvgIpc) is 2.84. The summed E-state index contributed by atoms with van der Waals surface area (Å²) in [6.45, 7) is 5.47. The molecule has 0 bridgehead atoms. The zero-order chi connectivity index (χ0) is 22.2. The SMILES string of the molecule is S=C(NC1CNCCN1c1ccccc1)SSC(=S)NC1CNCCN1c1ccccc1. The quantitative estimate of drug-likeness (QED) is 0.369. The van der Waals surface area contributed by atoms with Crippen LogP contribution >= 0.6 is 46.0 Å². The summed E-state index contributed by atoms with van der Waals surface area (Å²) in [6, 6.07) is 20.9. The average molecular weight is 505 g/mol. The fraction of sp³-hybridized carbons (Fsp3) is 0.364. The van der Waals surface area contributed by atoms with Gasteiger partial charge in [-0.1, -0.05) is 60.8 Å². The largest absolute Gasteiger partial charge is 0.349 e. The minimum absolute atomic E-state index is 0.115. The van der Waals surface area contributed by atoms with E-state index in [1.165, 1.54) is 33.0 Å². The van der Waals surface area contributed by atoms with Crippen LogP contribution in [0.25, 0.3) is 0 Å². The highest BCUT2D eigenvalue weighted by Crippen LogP contribution is 2.26. The third-order valence-corrected chi connectivity index (χ3v) is 8.66. The predicted molar refractivity (Wildman–Crippen MR) is 148 cm³/mol. The van der Waals surface area contributed by atoms with Gasteiger partial charge in [-0.3, -0.25) is 0 Å². The van der Waals surface area contributed by atoms with Crippen molar-refractivity contribution < 1.29 is 0 Å². The maximum absolute atomic E-state index is 5.63. The standard InChI is InChI=1S/C22H28N6S4/c29-21(25-19-15-23-11-13-27(19)17-7-3-1-4-8-17)31-32-22(30)26-20-16-24-12-14-28(20)18-9-5-2-6-10-18/h1-10,19-20,23-24H,11-16H2,(H,25,29)(H,26,30). The Kier molecular flexibility index (Phi) is 8.89. The highest BCUT2D eigenvalue weighted by atomic mass is 33.1. The molecule has 0 saturated carbocycles. The van der Waals surface area contributed by atoms with Crippen LogP contribution in [0.2, 0.25) is 0 Å². The lowest BCUT2D eigenvalue weighted by atomic mass is 10.2. The van der Waals surface area contributed by atoms with E-state index in [1.807, 2.05) is 12.1 Å². The smallest absolute Gasteiger partial charge is 0.146 e. The van der Waals surface area contributed by atoms with Gasteiger partial charge in [0, 0.05) is 50.6 Å². The monoisotopic (exact) mass is 504 g/mol. The van der Waals surface area contributed by atoms with Gasteiger partial charge in [-0.25, -0.2) is 0 Å². The third kappa shape index (κ3) is 6.49. The molecule has 2 heterocycles. The van der Waals surface area contributed by atoms with Crippen molar-refractivity contribution in [1.82, 2.24) is 21.3 Å². The summed E-state index contributed by atoms with van der Waals surface area (Å²) in [6.07, 6.45) is 0.230. The van der Waals surface area contributed by atoms with Gasteiger partial charge in [0.25, 0.3) is 0 Å². The van der Waals surface area contributed by atoms with E-state index in [0.29, 0.717) is 0 Å². The molecule has 2 atom stereocenters. The molecule has 6 nitrogen and oxygen atoms in total. The fourth-order valence-electron chi connectivity index (χ4n) is 3.92. The Morgan fingerprint density at radius 3 is 1.53 bits per heavy atom. The van der Waals surface area contributed by atoms with Crippen LogP contribution in [0.4, 0.5) is 11.4 Å². The molecule has 2 aromatic rings. The molecule has 2 saturated heterocycles. The number of nitrogens with one attached hydrogen (secondary N) is 4. The van der Waals surface area contributed by atoms with Gasteiger partial charge in [-0.2, -0.15) is 0 Å². The number of anilines is 2. The molecule has 0 aliphatic carbocycles. The van der Waals surface area contributed by atoms with Gasteiger partial charge in [0.05, 0.1) is 0 Å². The lowest BCUT2D eigenvalue weighted by molar-refractivity contribution is 0.459. The molecule has 4 rings (SSSR count). The highest BCUT2D eigenvalue weighted by Gasteiger charge is 2.25. The normalized spacial score (nSPS) is 21.1. The maximum Gasteiger partial charge on any atom is 0.146 e. The number of hydrogen-bond acceptors (Lipinski definition) is 8. The summed E-state index contributed by atoms with van der Waals surface area (Å²) in [5.74, 6) is 0. The van der Waals surface area contributed by atoms with Gasteiger partial charge in [-0.15, -0.1) is 0 Å². The third-order valence-electron chi connectivity index (χ3n) is 5.42. The lowest BCUT2D eigenvalue weighted by Gasteiger charge is -2.39. The van der Waals surface area contributed by atoms with Gasteiger partial charge in [0.15, 0.2) is 0 Å². The number of nitrogens with zero attached hydrogens (tertiary/aromatic N) is 2. The first-order chi connectivity index (χ1) is 15.7. The van der Waals surface area contributed by atoms with Crippen molar-refractivity contribution in [2.24, 2.45) is 0 Å². The number of hydrogen-bond donors (Lipinski definition) is 4. The first kappa shape index (κ1) is 23.6. The van der Waals surface area contributed by atoms with Crippen LogP contribution in [0.15, 0.2) is 60.7 Å². The van der Waals surface area contributed by atoms with Crippen LogP contribution < -0.4 is 31.1 Å². The van der Waals surface area contributed by atoms with Crippen molar-refractivity contribution >= 4 is 66.0 Å². The van der Waals surface area contributed by atoms with Crippen molar-refractivity contribution in [3.63, 3.8) is 0 Å². The van der Waals surface area contributed by atoms with Gasteiger partial charge >= 0.3 is 0 Å². The summed E-state index contributed by atoms with van der Waals surface area (Å²) < 4.78 is 1.46. The van der Waals surface area contributed by atoms with Gasteiger partial charge in [0.2, 0.25) is 0 Å². The van der Waals surface area contributed by atoms with Crippen molar-refractivity contribution in [3.8, 4) is 0 Å². The van der Waals surface area contributed by atoms with Crippen molar-refractivity contribution in [1.29, 1.82) is 0 Å². The van der Waals surface area contributed by atoms with Crippen LogP contribution in [0, 0.1) is 0 Å². The number of para-hydroxylation sites is 2. The second-order valence-electron chi connectivity index (χ2n) is 7.53.